The number of fused-ring (bicyclic) bond motifs is 3. The average Bonchev–Trinajstić information content (AvgIpc) is 3.29. The first kappa shape index (κ1) is 20.3. The van der Waals surface area contributed by atoms with Crippen molar-refractivity contribution in [2.45, 2.75) is 18.5 Å². The van der Waals surface area contributed by atoms with Crippen LogP contribution >= 0.6 is 0 Å². The summed E-state index contributed by atoms with van der Waals surface area (Å²) in [5.41, 5.74) is 3.65. The number of hydrogen-bond donors (Lipinski definition) is 2. The number of amides is 1. The van der Waals surface area contributed by atoms with Gasteiger partial charge in [0.15, 0.2) is 0 Å². The van der Waals surface area contributed by atoms with E-state index in [1.807, 2.05) is 53.4 Å². The molecule has 3 aromatic carbocycles. The lowest BCUT2D eigenvalue weighted by molar-refractivity contribution is 0.0701. The van der Waals surface area contributed by atoms with Gasteiger partial charge in [-0.3, -0.25) is 4.79 Å². The van der Waals surface area contributed by atoms with Crippen LogP contribution in [0.1, 0.15) is 39.5 Å². The molecule has 1 fully saturated rings. The minimum atomic E-state index is -0.346. The Hall–Kier alpha value is -3.62. The zero-order chi connectivity index (χ0) is 22.1. The Morgan fingerprint density at radius 3 is 2.62 bits per heavy atom. The van der Waals surface area contributed by atoms with Crippen molar-refractivity contribution in [2.75, 3.05) is 18.5 Å². The van der Waals surface area contributed by atoms with Crippen LogP contribution in [-0.4, -0.2) is 35.1 Å². The van der Waals surface area contributed by atoms with E-state index >= 15 is 0 Å². The monoisotopic (exact) mass is 426 g/mol. The molecule has 0 radical (unpaired) electrons. The summed E-state index contributed by atoms with van der Waals surface area (Å²) in [5.74, 6) is 5.72. The average molecular weight is 426 g/mol. The third kappa shape index (κ3) is 3.63. The maximum atomic E-state index is 13.9. The van der Waals surface area contributed by atoms with Crippen molar-refractivity contribution in [3.05, 3.63) is 101 Å². The number of hydrogen-bond acceptors (Lipinski definition) is 3. The van der Waals surface area contributed by atoms with Crippen molar-refractivity contribution in [3.8, 4) is 11.8 Å². The number of nitrogens with zero attached hydrogens (tertiary/aromatic N) is 1. The highest BCUT2D eigenvalue weighted by Gasteiger charge is 2.45. The molecule has 0 aliphatic carbocycles. The second-order valence-corrected chi connectivity index (χ2v) is 8.23. The van der Waals surface area contributed by atoms with E-state index in [0.717, 1.165) is 23.2 Å². The predicted molar refractivity (Wildman–Crippen MR) is 122 cm³/mol. The molecule has 3 atom stereocenters. The molecule has 3 aromatic rings. The number of rotatable bonds is 2. The highest BCUT2D eigenvalue weighted by atomic mass is 19.1. The van der Waals surface area contributed by atoms with Gasteiger partial charge in [-0.1, -0.05) is 42.2 Å². The van der Waals surface area contributed by atoms with Crippen molar-refractivity contribution < 1.29 is 14.3 Å². The minimum Gasteiger partial charge on any atom is -0.394 e. The van der Waals surface area contributed by atoms with Crippen LogP contribution in [0.15, 0.2) is 72.8 Å². The summed E-state index contributed by atoms with van der Waals surface area (Å²) < 4.78 is 13.9. The van der Waals surface area contributed by atoms with E-state index in [-0.39, 0.29) is 36.3 Å². The first-order chi connectivity index (χ1) is 15.7. The molecule has 2 N–H and O–H groups in total. The summed E-state index contributed by atoms with van der Waals surface area (Å²) in [5, 5.41) is 13.4. The summed E-state index contributed by atoms with van der Waals surface area (Å²) in [6.07, 6.45) is 0.812. The zero-order valence-corrected chi connectivity index (χ0v) is 17.5. The van der Waals surface area contributed by atoms with Gasteiger partial charge in [0.1, 0.15) is 5.82 Å². The number of aliphatic hydroxyl groups excluding tert-OH is 1. The van der Waals surface area contributed by atoms with Gasteiger partial charge in [0.25, 0.3) is 5.91 Å². The second kappa shape index (κ2) is 8.49. The van der Waals surface area contributed by atoms with E-state index in [9.17, 15) is 14.3 Å². The van der Waals surface area contributed by atoms with Gasteiger partial charge in [0.05, 0.1) is 24.3 Å². The first-order valence-corrected chi connectivity index (χ1v) is 10.8. The van der Waals surface area contributed by atoms with Crippen LogP contribution in [0.5, 0.6) is 0 Å². The Kier molecular flexibility index (Phi) is 5.38. The van der Waals surface area contributed by atoms with Crippen molar-refractivity contribution in [3.63, 3.8) is 0 Å². The molecule has 0 bridgehead atoms. The Morgan fingerprint density at radius 1 is 1.06 bits per heavy atom. The van der Waals surface area contributed by atoms with Crippen LogP contribution in [-0.2, 0) is 0 Å². The SMILES string of the molecule is O=C(c1ccccc1)N1CC[C@@H]2[C@@H](CO)Nc3ccc(C#Cc4ccccc4F)cc3[C@@H]21. The molecule has 2 aliphatic rings. The van der Waals surface area contributed by atoms with Crippen molar-refractivity contribution >= 4 is 11.6 Å². The third-order valence-corrected chi connectivity index (χ3v) is 6.37. The van der Waals surface area contributed by atoms with Crippen molar-refractivity contribution in [1.82, 2.24) is 4.90 Å². The molecular formula is C27H23FN2O2. The maximum absolute atomic E-state index is 13.9. The quantitative estimate of drug-likeness (QED) is 0.604. The number of carbonyl (C=O) groups excluding carboxylic acids is 1. The molecule has 5 heteroatoms. The molecule has 2 aliphatic heterocycles. The number of aliphatic hydroxyl groups is 1. The number of halogens is 1. The lowest BCUT2D eigenvalue weighted by atomic mass is 9.82. The summed E-state index contributed by atoms with van der Waals surface area (Å²) in [7, 11) is 0. The van der Waals surface area contributed by atoms with Crippen molar-refractivity contribution in [1.29, 1.82) is 0 Å². The molecule has 0 spiro atoms. The van der Waals surface area contributed by atoms with E-state index < -0.39 is 0 Å². The Morgan fingerprint density at radius 2 is 1.84 bits per heavy atom. The molecule has 1 saturated heterocycles. The van der Waals surface area contributed by atoms with Gasteiger partial charge in [-0.15, -0.1) is 0 Å². The molecule has 2 heterocycles. The first-order valence-electron chi connectivity index (χ1n) is 10.8. The standard InChI is InChI=1S/C27H23FN2O2/c28-23-9-5-4-6-19(23)12-10-18-11-13-24-22(16-18)26-21(25(17-31)29-24)14-15-30(26)27(32)20-7-2-1-3-8-20/h1-9,11,13,16,21,25-26,29,31H,14-15,17H2/t21-,25-,26-/m1/s1. The summed E-state index contributed by atoms with van der Waals surface area (Å²) >= 11 is 0. The van der Waals surface area contributed by atoms with Crippen molar-refractivity contribution in [2.24, 2.45) is 5.92 Å². The topological polar surface area (TPSA) is 52.6 Å². The van der Waals surface area contributed by atoms with E-state index in [2.05, 4.69) is 17.2 Å². The summed E-state index contributed by atoms with van der Waals surface area (Å²) in [6, 6.07) is 21.3. The Balaban J connectivity index is 1.53. The smallest absolute Gasteiger partial charge is 0.254 e. The lowest BCUT2D eigenvalue weighted by Crippen LogP contribution is -2.42. The largest absolute Gasteiger partial charge is 0.394 e. The Labute approximate surface area is 186 Å². The molecule has 4 nitrogen and oxygen atoms in total. The van der Waals surface area contributed by atoms with Crippen LogP contribution < -0.4 is 5.32 Å². The fourth-order valence-corrected chi connectivity index (χ4v) is 4.82. The van der Waals surface area contributed by atoms with Gasteiger partial charge in [-0.25, -0.2) is 4.39 Å². The number of benzene rings is 3. The van der Waals surface area contributed by atoms with Crippen LogP contribution in [0, 0.1) is 23.6 Å². The second-order valence-electron chi connectivity index (χ2n) is 8.23. The van der Waals surface area contributed by atoms with Crippen LogP contribution in [0.3, 0.4) is 0 Å². The maximum Gasteiger partial charge on any atom is 0.254 e. The molecule has 160 valence electrons. The van der Waals surface area contributed by atoms with Crippen LogP contribution in [0.4, 0.5) is 10.1 Å². The molecule has 0 unspecified atom stereocenters. The van der Waals surface area contributed by atoms with Gasteiger partial charge in [0, 0.05) is 29.3 Å². The summed E-state index contributed by atoms with van der Waals surface area (Å²) in [6.45, 7) is 0.634. The van der Waals surface area contributed by atoms with Crippen LogP contribution in [0.25, 0.3) is 0 Å². The van der Waals surface area contributed by atoms with E-state index in [0.29, 0.717) is 17.7 Å². The van der Waals surface area contributed by atoms with E-state index in [4.69, 9.17) is 0 Å². The summed E-state index contributed by atoms with van der Waals surface area (Å²) in [4.78, 5) is 15.2. The highest BCUT2D eigenvalue weighted by Crippen LogP contribution is 2.47. The molecule has 32 heavy (non-hydrogen) atoms. The predicted octanol–water partition coefficient (Wildman–Crippen LogP) is 4.22. The molecule has 0 saturated carbocycles. The van der Waals surface area contributed by atoms with E-state index in [1.54, 1.807) is 18.2 Å². The van der Waals surface area contributed by atoms with Gasteiger partial charge in [-0.05, 0) is 54.4 Å². The van der Waals surface area contributed by atoms with Gasteiger partial charge < -0.3 is 15.3 Å². The molecule has 5 rings (SSSR count). The molecule has 1 amide bonds. The fourth-order valence-electron chi connectivity index (χ4n) is 4.82. The number of nitrogens with one attached hydrogen (secondary N) is 1. The zero-order valence-electron chi connectivity index (χ0n) is 17.5. The van der Waals surface area contributed by atoms with E-state index in [1.165, 1.54) is 6.07 Å². The van der Waals surface area contributed by atoms with Crippen LogP contribution in [0.2, 0.25) is 0 Å². The lowest BCUT2D eigenvalue weighted by Gasteiger charge is -2.39. The van der Waals surface area contributed by atoms with Gasteiger partial charge >= 0.3 is 0 Å². The number of likely N-dealkylation sites (tertiary alicyclic amines) is 1. The van der Waals surface area contributed by atoms with Gasteiger partial charge in [-0.2, -0.15) is 0 Å². The highest BCUT2D eigenvalue weighted by molar-refractivity contribution is 5.95. The Bertz CT molecular complexity index is 1220. The minimum absolute atomic E-state index is 0.00279. The normalized spacial score (nSPS) is 21.1. The van der Waals surface area contributed by atoms with Gasteiger partial charge in [0.2, 0.25) is 0 Å². The molecule has 0 aromatic heterocycles. The third-order valence-electron chi connectivity index (χ3n) is 6.37. The number of anilines is 1. The fraction of sp³-hybridized carbons (Fsp3) is 0.222. The number of carbonyl (C=O) groups is 1. The molecular weight excluding hydrogens is 403 g/mol.